The van der Waals surface area contributed by atoms with Gasteiger partial charge in [-0.2, -0.15) is 5.10 Å². The van der Waals surface area contributed by atoms with Crippen LogP contribution in [0.5, 0.6) is 0 Å². The highest BCUT2D eigenvalue weighted by Crippen LogP contribution is 2.15. The summed E-state index contributed by atoms with van der Waals surface area (Å²) in [6, 6.07) is 0.306. The Kier molecular flexibility index (Phi) is 1.84. The van der Waals surface area contributed by atoms with Gasteiger partial charge in [-0.05, 0) is 13.8 Å². The minimum Gasteiger partial charge on any atom is -0.342 e. The molecular weight excluding hydrogens is 166 g/mol. The Morgan fingerprint density at radius 2 is 2.31 bits per heavy atom. The molecule has 5 heteroatoms. The first-order valence-corrected chi connectivity index (χ1v) is 4.17. The van der Waals surface area contributed by atoms with Crippen molar-refractivity contribution in [2.24, 2.45) is 0 Å². The molecular formula is C8H11N5. The minimum absolute atomic E-state index is 0.306. The summed E-state index contributed by atoms with van der Waals surface area (Å²) in [5, 5.41) is 4.13. The fraction of sp³-hybridized carbons (Fsp3) is 0.375. The number of nitrogens with one attached hydrogen (secondary N) is 1. The molecule has 0 saturated heterocycles. The van der Waals surface area contributed by atoms with Crippen molar-refractivity contribution in [3.8, 4) is 11.5 Å². The summed E-state index contributed by atoms with van der Waals surface area (Å²) in [7, 11) is 0. The number of hydrogen-bond acceptors (Lipinski definition) is 3. The van der Waals surface area contributed by atoms with Crippen molar-refractivity contribution in [2.45, 2.75) is 19.9 Å². The average molecular weight is 177 g/mol. The van der Waals surface area contributed by atoms with Crippen LogP contribution < -0.4 is 0 Å². The molecule has 0 aromatic carbocycles. The van der Waals surface area contributed by atoms with E-state index in [1.165, 1.54) is 0 Å². The van der Waals surface area contributed by atoms with E-state index in [4.69, 9.17) is 0 Å². The molecule has 0 aliphatic heterocycles. The first-order chi connectivity index (χ1) is 6.29. The van der Waals surface area contributed by atoms with E-state index in [0.717, 1.165) is 11.5 Å². The van der Waals surface area contributed by atoms with Crippen LogP contribution in [-0.4, -0.2) is 24.7 Å². The molecule has 0 spiro atoms. The van der Waals surface area contributed by atoms with E-state index >= 15 is 0 Å². The molecule has 2 aromatic heterocycles. The molecule has 0 radical (unpaired) electrons. The molecule has 0 bridgehead atoms. The largest absolute Gasteiger partial charge is 0.342 e. The number of aromatic amines is 1. The highest BCUT2D eigenvalue weighted by Gasteiger charge is 2.09. The Hall–Kier alpha value is -1.65. The predicted molar refractivity (Wildman–Crippen MR) is 48.0 cm³/mol. The van der Waals surface area contributed by atoms with E-state index < -0.39 is 0 Å². The summed E-state index contributed by atoms with van der Waals surface area (Å²) < 4.78 is 1.85. The van der Waals surface area contributed by atoms with Gasteiger partial charge in [-0.1, -0.05) is 0 Å². The van der Waals surface area contributed by atoms with Gasteiger partial charge in [0, 0.05) is 6.04 Å². The van der Waals surface area contributed by atoms with Gasteiger partial charge >= 0.3 is 0 Å². The second-order valence-electron chi connectivity index (χ2n) is 3.09. The predicted octanol–water partition coefficient (Wildman–Crippen LogP) is 1.25. The lowest BCUT2D eigenvalue weighted by molar-refractivity contribution is 0.537. The van der Waals surface area contributed by atoms with Crippen molar-refractivity contribution < 1.29 is 0 Å². The van der Waals surface area contributed by atoms with E-state index in [-0.39, 0.29) is 0 Å². The first-order valence-electron chi connectivity index (χ1n) is 4.17. The smallest absolute Gasteiger partial charge is 0.176 e. The Labute approximate surface area is 75.8 Å². The van der Waals surface area contributed by atoms with Crippen LogP contribution in [-0.2, 0) is 0 Å². The van der Waals surface area contributed by atoms with Gasteiger partial charge in [0.1, 0.15) is 12.0 Å². The van der Waals surface area contributed by atoms with E-state index in [2.05, 4.69) is 33.9 Å². The highest BCUT2D eigenvalue weighted by atomic mass is 15.3. The molecule has 0 aliphatic rings. The Bertz CT molecular complexity index is 373. The van der Waals surface area contributed by atoms with Gasteiger partial charge in [-0.3, -0.25) is 0 Å². The molecule has 13 heavy (non-hydrogen) atoms. The molecule has 0 unspecified atom stereocenters. The Morgan fingerprint density at radius 1 is 1.46 bits per heavy atom. The number of hydrogen-bond donors (Lipinski definition) is 1. The van der Waals surface area contributed by atoms with Crippen molar-refractivity contribution >= 4 is 0 Å². The lowest BCUT2D eigenvalue weighted by Gasteiger charge is -2.06. The molecule has 2 heterocycles. The maximum Gasteiger partial charge on any atom is 0.176 e. The summed E-state index contributed by atoms with van der Waals surface area (Å²) in [4.78, 5) is 11.1. The van der Waals surface area contributed by atoms with Crippen LogP contribution in [0.15, 0.2) is 18.9 Å². The highest BCUT2D eigenvalue weighted by molar-refractivity contribution is 5.46. The third-order valence-electron chi connectivity index (χ3n) is 1.80. The molecule has 5 nitrogen and oxygen atoms in total. The summed E-state index contributed by atoms with van der Waals surface area (Å²) in [5.41, 5.74) is 0.895. The van der Waals surface area contributed by atoms with Crippen LogP contribution in [0.4, 0.5) is 0 Å². The molecule has 0 amide bonds. The quantitative estimate of drug-likeness (QED) is 0.751. The standard InChI is InChI=1S/C8H11N5/c1-6(2)13-8(11-5-12-13)7-3-9-4-10-7/h3-6H,1-2H3,(H,9,10). The average Bonchev–Trinajstić information content (AvgIpc) is 2.74. The lowest BCUT2D eigenvalue weighted by Crippen LogP contribution is -2.05. The third-order valence-corrected chi connectivity index (χ3v) is 1.80. The van der Waals surface area contributed by atoms with Crippen LogP contribution >= 0.6 is 0 Å². The van der Waals surface area contributed by atoms with Gasteiger partial charge in [0.25, 0.3) is 0 Å². The van der Waals surface area contributed by atoms with Crippen LogP contribution in [0.2, 0.25) is 0 Å². The Balaban J connectivity index is 2.46. The van der Waals surface area contributed by atoms with E-state index in [0.29, 0.717) is 6.04 Å². The zero-order valence-electron chi connectivity index (χ0n) is 7.60. The first kappa shape index (κ1) is 7.97. The van der Waals surface area contributed by atoms with Crippen LogP contribution in [0, 0.1) is 0 Å². The maximum absolute atomic E-state index is 4.16. The molecule has 0 saturated carbocycles. The summed E-state index contributed by atoms with van der Waals surface area (Å²) in [6.07, 6.45) is 4.92. The van der Waals surface area contributed by atoms with Crippen molar-refractivity contribution in [1.29, 1.82) is 0 Å². The van der Waals surface area contributed by atoms with Gasteiger partial charge in [0.05, 0.1) is 12.5 Å². The van der Waals surface area contributed by atoms with Crippen LogP contribution in [0.3, 0.4) is 0 Å². The molecule has 2 aromatic rings. The van der Waals surface area contributed by atoms with E-state index in [1.54, 1.807) is 18.9 Å². The second kappa shape index (κ2) is 3.01. The van der Waals surface area contributed by atoms with Crippen LogP contribution in [0.1, 0.15) is 19.9 Å². The van der Waals surface area contributed by atoms with Gasteiger partial charge in [-0.25, -0.2) is 14.6 Å². The normalized spacial score (nSPS) is 11.0. The van der Waals surface area contributed by atoms with Crippen molar-refractivity contribution in [1.82, 2.24) is 24.7 Å². The monoisotopic (exact) mass is 177 g/mol. The van der Waals surface area contributed by atoms with Gasteiger partial charge in [0.2, 0.25) is 0 Å². The van der Waals surface area contributed by atoms with Gasteiger partial charge in [-0.15, -0.1) is 0 Å². The minimum atomic E-state index is 0.306. The fourth-order valence-corrected chi connectivity index (χ4v) is 1.20. The molecule has 0 atom stereocenters. The number of aromatic nitrogens is 5. The topological polar surface area (TPSA) is 59.4 Å². The van der Waals surface area contributed by atoms with Crippen molar-refractivity contribution in [3.05, 3.63) is 18.9 Å². The zero-order chi connectivity index (χ0) is 9.26. The van der Waals surface area contributed by atoms with Crippen molar-refractivity contribution in [3.63, 3.8) is 0 Å². The van der Waals surface area contributed by atoms with Crippen LogP contribution in [0.25, 0.3) is 11.5 Å². The molecule has 0 fully saturated rings. The number of imidazole rings is 1. The summed E-state index contributed by atoms with van der Waals surface area (Å²) in [5.74, 6) is 0.826. The maximum atomic E-state index is 4.16. The van der Waals surface area contributed by atoms with Crippen molar-refractivity contribution in [2.75, 3.05) is 0 Å². The van der Waals surface area contributed by atoms with Gasteiger partial charge in [0.15, 0.2) is 5.82 Å². The lowest BCUT2D eigenvalue weighted by atomic mass is 10.3. The zero-order valence-corrected chi connectivity index (χ0v) is 7.60. The van der Waals surface area contributed by atoms with E-state index in [1.807, 2.05) is 4.68 Å². The summed E-state index contributed by atoms with van der Waals surface area (Å²) >= 11 is 0. The molecule has 68 valence electrons. The molecule has 1 N–H and O–H groups in total. The van der Waals surface area contributed by atoms with E-state index in [9.17, 15) is 0 Å². The SMILES string of the molecule is CC(C)n1ncnc1-c1cnc[nH]1. The summed E-state index contributed by atoms with van der Waals surface area (Å²) in [6.45, 7) is 4.13. The van der Waals surface area contributed by atoms with Gasteiger partial charge < -0.3 is 4.98 Å². The molecule has 0 aliphatic carbocycles. The molecule has 2 rings (SSSR count). The number of rotatable bonds is 2. The Morgan fingerprint density at radius 3 is 2.92 bits per heavy atom. The fourth-order valence-electron chi connectivity index (χ4n) is 1.20. The second-order valence-corrected chi connectivity index (χ2v) is 3.09. The third kappa shape index (κ3) is 1.32. The number of H-pyrrole nitrogens is 1. The number of nitrogens with zero attached hydrogens (tertiary/aromatic N) is 4.